The monoisotopic (exact) mass is 408 g/mol. The van der Waals surface area contributed by atoms with Crippen molar-refractivity contribution in [3.8, 4) is 0 Å². The van der Waals surface area contributed by atoms with Crippen LogP contribution in [0.5, 0.6) is 0 Å². The maximum Gasteiger partial charge on any atom is 0.161 e. The predicted molar refractivity (Wildman–Crippen MR) is 112 cm³/mol. The topological polar surface area (TPSA) is 35.8 Å². The van der Waals surface area contributed by atoms with E-state index in [-0.39, 0.29) is 12.0 Å². The zero-order valence-corrected chi connectivity index (χ0v) is 17.3. The Labute approximate surface area is 169 Å². The first-order valence-electron chi connectivity index (χ1n) is 8.49. The zero-order valence-electron chi connectivity index (χ0n) is 15.0. The van der Waals surface area contributed by atoms with Crippen LogP contribution in [0, 0.1) is 0 Å². The molecule has 1 N–H and O–H groups in total. The fraction of sp³-hybridized carbons (Fsp3) is 0.350. The summed E-state index contributed by atoms with van der Waals surface area (Å²) in [5.41, 5.74) is 0.903. The predicted octanol–water partition coefficient (Wildman–Crippen LogP) is 5.26. The van der Waals surface area contributed by atoms with Crippen molar-refractivity contribution >= 4 is 40.1 Å². The fourth-order valence-electron chi connectivity index (χ4n) is 3.57. The highest BCUT2D eigenvalue weighted by molar-refractivity contribution is 8.14. The van der Waals surface area contributed by atoms with Crippen molar-refractivity contribution in [3.63, 3.8) is 0 Å². The van der Waals surface area contributed by atoms with Crippen molar-refractivity contribution in [1.29, 1.82) is 0 Å². The standard InChI is InChI=1S/C20H22Cl2N2OS/c1-13(2)24-19(23-3)26-12-20(24,25)18(14-4-8-16(21)9-5-14)15-6-10-17(22)11-7-15/h4-11,13,18,25H,12H2,1-3H3/b23-19+. The molecule has 26 heavy (non-hydrogen) atoms. The van der Waals surface area contributed by atoms with Gasteiger partial charge < -0.3 is 10.0 Å². The minimum absolute atomic E-state index is 0.107. The first-order chi connectivity index (χ1) is 12.4. The summed E-state index contributed by atoms with van der Waals surface area (Å²) in [6, 6.07) is 15.5. The number of aliphatic hydroxyl groups is 1. The molecule has 0 saturated carbocycles. The van der Waals surface area contributed by atoms with Crippen LogP contribution < -0.4 is 0 Å². The molecule has 138 valence electrons. The summed E-state index contributed by atoms with van der Waals surface area (Å²) in [5, 5.41) is 14.1. The van der Waals surface area contributed by atoms with Gasteiger partial charge in [0.25, 0.3) is 0 Å². The van der Waals surface area contributed by atoms with Crippen molar-refractivity contribution in [2.24, 2.45) is 4.99 Å². The van der Waals surface area contributed by atoms with E-state index in [4.69, 9.17) is 23.2 Å². The van der Waals surface area contributed by atoms with Gasteiger partial charge in [-0.3, -0.25) is 4.99 Å². The number of rotatable bonds is 4. The molecule has 0 bridgehead atoms. The molecule has 1 atom stereocenters. The van der Waals surface area contributed by atoms with Gasteiger partial charge in [-0.05, 0) is 49.2 Å². The van der Waals surface area contributed by atoms with E-state index in [1.54, 1.807) is 18.8 Å². The fourth-order valence-corrected chi connectivity index (χ4v) is 5.11. The highest BCUT2D eigenvalue weighted by Gasteiger charge is 2.51. The van der Waals surface area contributed by atoms with Crippen LogP contribution in [0.1, 0.15) is 30.9 Å². The molecule has 1 fully saturated rings. The lowest BCUT2D eigenvalue weighted by Crippen LogP contribution is -2.55. The average molecular weight is 409 g/mol. The van der Waals surface area contributed by atoms with Crippen LogP contribution in [0.2, 0.25) is 10.0 Å². The molecule has 2 aromatic rings. The van der Waals surface area contributed by atoms with Gasteiger partial charge in [0.1, 0.15) is 0 Å². The molecule has 2 aromatic carbocycles. The molecule has 0 aromatic heterocycles. The summed E-state index contributed by atoms with van der Waals surface area (Å²) < 4.78 is 0. The Morgan fingerprint density at radius 1 is 1.00 bits per heavy atom. The van der Waals surface area contributed by atoms with Gasteiger partial charge in [-0.2, -0.15) is 0 Å². The normalized spacial score (nSPS) is 22.0. The van der Waals surface area contributed by atoms with E-state index < -0.39 is 5.72 Å². The van der Waals surface area contributed by atoms with E-state index in [9.17, 15) is 5.11 Å². The molecule has 0 spiro atoms. The summed E-state index contributed by atoms with van der Waals surface area (Å²) in [5.74, 6) is 0.277. The van der Waals surface area contributed by atoms with Crippen molar-refractivity contribution in [2.75, 3.05) is 12.8 Å². The van der Waals surface area contributed by atoms with Crippen molar-refractivity contribution in [2.45, 2.75) is 31.5 Å². The molecule has 1 aliphatic heterocycles. The summed E-state index contributed by atoms with van der Waals surface area (Å²) >= 11 is 13.8. The first kappa shape index (κ1) is 19.6. The number of amidine groups is 1. The number of hydrogen-bond donors (Lipinski definition) is 1. The molecule has 6 heteroatoms. The number of aliphatic imine (C=N–C) groups is 1. The number of thioether (sulfide) groups is 1. The summed E-state index contributed by atoms with van der Waals surface area (Å²) in [6.07, 6.45) is 0. The van der Waals surface area contributed by atoms with Gasteiger partial charge in [0.05, 0.1) is 11.7 Å². The minimum atomic E-state index is -1.10. The quantitative estimate of drug-likeness (QED) is 0.749. The Morgan fingerprint density at radius 3 is 1.85 bits per heavy atom. The molecule has 3 nitrogen and oxygen atoms in total. The third-order valence-electron chi connectivity index (χ3n) is 4.61. The van der Waals surface area contributed by atoms with Crippen LogP contribution >= 0.6 is 35.0 Å². The maximum absolute atomic E-state index is 11.9. The van der Waals surface area contributed by atoms with E-state index in [2.05, 4.69) is 18.8 Å². The second kappa shape index (κ2) is 7.81. The van der Waals surface area contributed by atoms with Crippen LogP contribution in [-0.4, -0.2) is 39.7 Å². The third kappa shape index (κ3) is 3.61. The number of benzene rings is 2. The molecule has 1 unspecified atom stereocenters. The number of halogens is 2. The van der Waals surface area contributed by atoms with Crippen LogP contribution in [-0.2, 0) is 0 Å². The Hall–Kier alpha value is -1.20. The molecule has 1 saturated heterocycles. The summed E-state index contributed by atoms with van der Waals surface area (Å²) in [7, 11) is 1.77. The van der Waals surface area contributed by atoms with Crippen LogP contribution in [0.15, 0.2) is 53.5 Å². The minimum Gasteiger partial charge on any atom is -0.369 e. The molecule has 1 heterocycles. The van der Waals surface area contributed by atoms with Crippen molar-refractivity contribution < 1.29 is 5.11 Å². The van der Waals surface area contributed by atoms with Gasteiger partial charge in [-0.1, -0.05) is 59.2 Å². The Kier molecular flexibility index (Phi) is 5.88. The zero-order chi connectivity index (χ0) is 18.9. The molecule has 0 aliphatic carbocycles. The van der Waals surface area contributed by atoms with Crippen molar-refractivity contribution in [1.82, 2.24) is 4.90 Å². The van der Waals surface area contributed by atoms with Crippen LogP contribution in [0.25, 0.3) is 0 Å². The lowest BCUT2D eigenvalue weighted by atomic mass is 9.82. The van der Waals surface area contributed by atoms with Gasteiger partial charge >= 0.3 is 0 Å². The molecule has 0 amide bonds. The highest BCUT2D eigenvalue weighted by Crippen LogP contribution is 2.46. The molecular formula is C20H22Cl2N2OS. The summed E-state index contributed by atoms with van der Waals surface area (Å²) in [4.78, 5) is 6.41. The lowest BCUT2D eigenvalue weighted by molar-refractivity contribution is -0.0684. The Bertz CT molecular complexity index is 747. The Balaban J connectivity index is 2.16. The largest absolute Gasteiger partial charge is 0.369 e. The second-order valence-electron chi connectivity index (χ2n) is 6.67. The van der Waals surface area contributed by atoms with E-state index in [1.807, 2.05) is 53.4 Å². The van der Waals surface area contributed by atoms with Gasteiger partial charge in [0.2, 0.25) is 0 Å². The molecule has 1 aliphatic rings. The summed E-state index contributed by atoms with van der Waals surface area (Å²) in [6.45, 7) is 4.14. The van der Waals surface area contributed by atoms with Crippen LogP contribution in [0.3, 0.4) is 0 Å². The number of nitrogens with zero attached hydrogens (tertiary/aromatic N) is 2. The van der Waals surface area contributed by atoms with Gasteiger partial charge in [-0.25, -0.2) is 0 Å². The maximum atomic E-state index is 11.9. The smallest absolute Gasteiger partial charge is 0.161 e. The molecule has 0 radical (unpaired) electrons. The average Bonchev–Trinajstić information content (AvgIpc) is 2.96. The van der Waals surface area contributed by atoms with E-state index in [0.29, 0.717) is 15.8 Å². The van der Waals surface area contributed by atoms with E-state index in [1.165, 1.54) is 0 Å². The van der Waals surface area contributed by atoms with Gasteiger partial charge in [0, 0.05) is 23.1 Å². The van der Waals surface area contributed by atoms with E-state index in [0.717, 1.165) is 16.3 Å². The van der Waals surface area contributed by atoms with Crippen LogP contribution in [0.4, 0.5) is 0 Å². The highest BCUT2D eigenvalue weighted by atomic mass is 35.5. The second-order valence-corrected chi connectivity index (χ2v) is 8.49. The number of hydrogen-bond acceptors (Lipinski definition) is 3. The Morgan fingerprint density at radius 2 is 1.46 bits per heavy atom. The molecular weight excluding hydrogens is 387 g/mol. The van der Waals surface area contributed by atoms with E-state index >= 15 is 0 Å². The third-order valence-corrected chi connectivity index (χ3v) is 6.32. The SMILES string of the molecule is C/N=C1/SCC(O)(C(c2ccc(Cl)cc2)c2ccc(Cl)cc2)N1C(C)C. The lowest BCUT2D eigenvalue weighted by Gasteiger charge is -2.43. The molecule has 3 rings (SSSR count). The van der Waals surface area contributed by atoms with Gasteiger partial charge in [-0.15, -0.1) is 0 Å². The van der Waals surface area contributed by atoms with Crippen molar-refractivity contribution in [3.05, 3.63) is 69.7 Å². The van der Waals surface area contributed by atoms with Gasteiger partial charge in [0.15, 0.2) is 10.9 Å². The first-order valence-corrected chi connectivity index (χ1v) is 10.2.